The fraction of sp³-hybridized carbons (Fsp3) is 0.438. The first-order chi connectivity index (χ1) is 10.7. The third kappa shape index (κ3) is 2.74. The van der Waals surface area contributed by atoms with Crippen molar-refractivity contribution < 1.29 is 9.53 Å². The van der Waals surface area contributed by atoms with Gasteiger partial charge in [0.05, 0.1) is 11.7 Å². The number of aromatic nitrogens is 3. The summed E-state index contributed by atoms with van der Waals surface area (Å²) in [5, 5.41) is 7.28. The van der Waals surface area contributed by atoms with Gasteiger partial charge in [-0.25, -0.2) is 0 Å². The number of nitrogens with zero attached hydrogens (tertiary/aromatic N) is 3. The number of hydrogen-bond donors (Lipinski definition) is 1. The summed E-state index contributed by atoms with van der Waals surface area (Å²) in [6, 6.07) is 3.66. The van der Waals surface area contributed by atoms with E-state index in [1.807, 2.05) is 20.0 Å². The Morgan fingerprint density at radius 1 is 1.45 bits per heavy atom. The SMILES string of the molecule is CCc1cnccc1C(=O)N[C@H]1CCO[C@@H]1c1ccnn1C. The van der Waals surface area contributed by atoms with Crippen molar-refractivity contribution in [2.24, 2.45) is 7.05 Å². The van der Waals surface area contributed by atoms with Gasteiger partial charge in [-0.15, -0.1) is 0 Å². The van der Waals surface area contributed by atoms with Crippen molar-refractivity contribution in [1.29, 1.82) is 0 Å². The van der Waals surface area contributed by atoms with Crippen LogP contribution in [-0.2, 0) is 18.2 Å². The first-order valence-corrected chi connectivity index (χ1v) is 7.54. The lowest BCUT2D eigenvalue weighted by molar-refractivity contribution is 0.0792. The predicted molar refractivity (Wildman–Crippen MR) is 81.4 cm³/mol. The normalized spacial score (nSPS) is 21.0. The molecule has 6 nitrogen and oxygen atoms in total. The van der Waals surface area contributed by atoms with Crippen LogP contribution in [0, 0.1) is 0 Å². The van der Waals surface area contributed by atoms with Gasteiger partial charge in [0.2, 0.25) is 0 Å². The summed E-state index contributed by atoms with van der Waals surface area (Å²) < 4.78 is 7.59. The molecule has 0 radical (unpaired) electrons. The van der Waals surface area contributed by atoms with Gasteiger partial charge in [-0.1, -0.05) is 6.92 Å². The molecule has 0 bridgehead atoms. The van der Waals surface area contributed by atoms with Gasteiger partial charge in [0.25, 0.3) is 5.91 Å². The van der Waals surface area contributed by atoms with E-state index >= 15 is 0 Å². The molecule has 1 fully saturated rings. The zero-order chi connectivity index (χ0) is 15.5. The molecule has 2 aromatic rings. The van der Waals surface area contributed by atoms with E-state index in [9.17, 15) is 4.79 Å². The van der Waals surface area contributed by atoms with Gasteiger partial charge in [-0.2, -0.15) is 5.10 Å². The van der Waals surface area contributed by atoms with Gasteiger partial charge in [0, 0.05) is 37.8 Å². The number of carbonyl (C=O) groups is 1. The Morgan fingerprint density at radius 3 is 3.05 bits per heavy atom. The summed E-state index contributed by atoms with van der Waals surface area (Å²) in [6.07, 6.45) is 6.57. The average Bonchev–Trinajstić information content (AvgIpc) is 3.15. The van der Waals surface area contributed by atoms with E-state index in [-0.39, 0.29) is 18.1 Å². The van der Waals surface area contributed by atoms with Crippen molar-refractivity contribution in [3.05, 3.63) is 47.5 Å². The summed E-state index contributed by atoms with van der Waals surface area (Å²) in [7, 11) is 1.88. The standard InChI is InChI=1S/C16H20N4O2/c1-3-11-10-17-7-4-12(11)16(21)19-13-6-9-22-15(13)14-5-8-18-20(14)2/h4-5,7-8,10,13,15H,3,6,9H2,1-2H3,(H,19,21)/t13-,15-/m0/s1. The van der Waals surface area contributed by atoms with Crippen LogP contribution in [0.25, 0.3) is 0 Å². The van der Waals surface area contributed by atoms with Gasteiger partial charge < -0.3 is 10.1 Å². The van der Waals surface area contributed by atoms with E-state index in [0.29, 0.717) is 12.2 Å². The third-order valence-corrected chi connectivity index (χ3v) is 4.09. The molecular formula is C16H20N4O2. The molecule has 1 saturated heterocycles. The van der Waals surface area contributed by atoms with E-state index in [2.05, 4.69) is 15.4 Å². The second kappa shape index (κ2) is 6.27. The minimum absolute atomic E-state index is 0.0410. The Bertz CT molecular complexity index is 668. The van der Waals surface area contributed by atoms with Crippen LogP contribution in [0.3, 0.4) is 0 Å². The molecule has 0 unspecified atom stereocenters. The van der Waals surface area contributed by atoms with Crippen LogP contribution in [0.1, 0.15) is 41.1 Å². The smallest absolute Gasteiger partial charge is 0.251 e. The van der Waals surface area contributed by atoms with Crippen LogP contribution in [0.15, 0.2) is 30.7 Å². The van der Waals surface area contributed by atoms with Gasteiger partial charge in [-0.05, 0) is 30.5 Å². The Balaban J connectivity index is 1.77. The Morgan fingerprint density at radius 2 is 2.32 bits per heavy atom. The zero-order valence-corrected chi connectivity index (χ0v) is 12.8. The molecule has 2 atom stereocenters. The molecule has 1 aliphatic heterocycles. The highest BCUT2D eigenvalue weighted by Gasteiger charge is 2.33. The fourth-order valence-corrected chi connectivity index (χ4v) is 2.87. The van der Waals surface area contributed by atoms with Crippen LogP contribution in [-0.4, -0.2) is 33.3 Å². The highest BCUT2D eigenvalue weighted by molar-refractivity contribution is 5.95. The van der Waals surface area contributed by atoms with Crippen LogP contribution >= 0.6 is 0 Å². The molecule has 6 heteroatoms. The minimum atomic E-state index is -0.150. The first-order valence-electron chi connectivity index (χ1n) is 7.54. The third-order valence-electron chi connectivity index (χ3n) is 4.09. The van der Waals surface area contributed by atoms with Crippen LogP contribution in [0.4, 0.5) is 0 Å². The maximum Gasteiger partial charge on any atom is 0.251 e. The second-order valence-corrected chi connectivity index (χ2v) is 5.43. The number of hydrogen-bond acceptors (Lipinski definition) is 4. The molecule has 22 heavy (non-hydrogen) atoms. The average molecular weight is 300 g/mol. The van der Waals surface area contributed by atoms with Gasteiger partial charge in [0.1, 0.15) is 6.10 Å². The lowest BCUT2D eigenvalue weighted by Crippen LogP contribution is -2.37. The number of aryl methyl sites for hydroxylation is 2. The molecule has 1 N–H and O–H groups in total. The van der Waals surface area contributed by atoms with E-state index in [4.69, 9.17) is 4.74 Å². The van der Waals surface area contributed by atoms with Crippen molar-refractivity contribution >= 4 is 5.91 Å². The second-order valence-electron chi connectivity index (χ2n) is 5.43. The van der Waals surface area contributed by atoms with Crippen molar-refractivity contribution in [1.82, 2.24) is 20.1 Å². The number of amides is 1. The molecule has 116 valence electrons. The summed E-state index contributed by atoms with van der Waals surface area (Å²) in [4.78, 5) is 16.6. The topological polar surface area (TPSA) is 69.0 Å². The van der Waals surface area contributed by atoms with Gasteiger partial charge >= 0.3 is 0 Å². The maximum atomic E-state index is 12.6. The van der Waals surface area contributed by atoms with E-state index in [0.717, 1.165) is 24.1 Å². The number of ether oxygens (including phenoxy) is 1. The molecule has 1 aliphatic rings. The Hall–Kier alpha value is -2.21. The Labute approximate surface area is 129 Å². The van der Waals surface area contributed by atoms with Crippen molar-refractivity contribution in [3.63, 3.8) is 0 Å². The number of rotatable bonds is 4. The van der Waals surface area contributed by atoms with Gasteiger partial charge in [-0.3, -0.25) is 14.5 Å². The molecule has 0 aromatic carbocycles. The highest BCUT2D eigenvalue weighted by atomic mass is 16.5. The lowest BCUT2D eigenvalue weighted by atomic mass is 10.0. The van der Waals surface area contributed by atoms with Crippen LogP contribution in [0.2, 0.25) is 0 Å². The minimum Gasteiger partial charge on any atom is -0.370 e. The predicted octanol–water partition coefficient (Wildman–Crippen LogP) is 1.64. The molecule has 1 amide bonds. The molecule has 3 rings (SSSR count). The van der Waals surface area contributed by atoms with Crippen LogP contribution < -0.4 is 5.32 Å². The lowest BCUT2D eigenvalue weighted by Gasteiger charge is -2.20. The summed E-state index contributed by atoms with van der Waals surface area (Å²) in [6.45, 7) is 2.66. The molecular weight excluding hydrogens is 280 g/mol. The van der Waals surface area contributed by atoms with E-state index in [1.54, 1.807) is 29.3 Å². The molecule has 2 aromatic heterocycles. The number of carbonyl (C=O) groups excluding carboxylic acids is 1. The summed E-state index contributed by atoms with van der Waals surface area (Å²) in [5.74, 6) is -0.0677. The molecule has 0 spiro atoms. The monoisotopic (exact) mass is 300 g/mol. The van der Waals surface area contributed by atoms with Crippen molar-refractivity contribution in [2.45, 2.75) is 31.9 Å². The molecule has 3 heterocycles. The first kappa shape index (κ1) is 14.7. The summed E-state index contributed by atoms with van der Waals surface area (Å²) >= 11 is 0. The molecule has 0 aliphatic carbocycles. The number of pyridine rings is 1. The van der Waals surface area contributed by atoms with Crippen LogP contribution in [0.5, 0.6) is 0 Å². The highest BCUT2D eigenvalue weighted by Crippen LogP contribution is 2.29. The molecule has 0 saturated carbocycles. The van der Waals surface area contributed by atoms with Crippen molar-refractivity contribution in [2.75, 3.05) is 6.61 Å². The number of nitrogens with one attached hydrogen (secondary N) is 1. The zero-order valence-electron chi connectivity index (χ0n) is 12.8. The van der Waals surface area contributed by atoms with E-state index in [1.165, 1.54) is 0 Å². The quantitative estimate of drug-likeness (QED) is 0.932. The fourth-order valence-electron chi connectivity index (χ4n) is 2.87. The Kier molecular flexibility index (Phi) is 4.20. The maximum absolute atomic E-state index is 12.6. The summed E-state index contributed by atoms with van der Waals surface area (Å²) in [5.41, 5.74) is 2.62. The van der Waals surface area contributed by atoms with E-state index < -0.39 is 0 Å². The van der Waals surface area contributed by atoms with Gasteiger partial charge in [0.15, 0.2) is 0 Å². The largest absolute Gasteiger partial charge is 0.370 e. The van der Waals surface area contributed by atoms with Crippen molar-refractivity contribution in [3.8, 4) is 0 Å².